The van der Waals surface area contributed by atoms with E-state index in [1.54, 1.807) is 0 Å². The zero-order valence-corrected chi connectivity index (χ0v) is 36.6. The van der Waals surface area contributed by atoms with Crippen LogP contribution in [0.25, 0.3) is 0 Å². The third-order valence-corrected chi connectivity index (χ3v) is 9.20. The molecule has 0 N–H and O–H groups in total. The van der Waals surface area contributed by atoms with Gasteiger partial charge in [-0.2, -0.15) is 0 Å². The molecule has 54 heavy (non-hydrogen) atoms. The lowest BCUT2D eigenvalue weighted by atomic mass is 10.0. The van der Waals surface area contributed by atoms with Gasteiger partial charge in [-0.05, 0) is 26.1 Å². The second-order valence-corrected chi connectivity index (χ2v) is 18.8. The summed E-state index contributed by atoms with van der Waals surface area (Å²) in [6.45, 7) is 21.8. The number of ether oxygens (including phenoxy) is 11. The number of unbranched alkanes of at least 4 members (excludes halogenated alkanes) is 13. The van der Waals surface area contributed by atoms with Gasteiger partial charge in [-0.1, -0.05) is 90.4 Å². The summed E-state index contributed by atoms with van der Waals surface area (Å²) in [6.07, 6.45) is 19.3. The fraction of sp³-hybridized carbons (Fsp3) is 1.00. The molecule has 0 radical (unpaired) electrons. The Bertz CT molecular complexity index is 675. The van der Waals surface area contributed by atoms with Crippen molar-refractivity contribution in [3.8, 4) is 0 Å². The average molecular weight is 799 g/mol. The van der Waals surface area contributed by atoms with Crippen LogP contribution in [0.2, 0.25) is 19.6 Å². The predicted molar refractivity (Wildman–Crippen MR) is 219 cm³/mol. The van der Waals surface area contributed by atoms with Gasteiger partial charge in [-0.25, -0.2) is 0 Å². The minimum absolute atomic E-state index is 0.522. The van der Waals surface area contributed by atoms with Crippen molar-refractivity contribution >= 4 is 8.32 Å². The van der Waals surface area contributed by atoms with Gasteiger partial charge in [0, 0.05) is 6.61 Å². The van der Waals surface area contributed by atoms with Gasteiger partial charge in [0.15, 0.2) is 8.32 Å². The minimum Gasteiger partial charge on any atom is -0.415 e. The van der Waals surface area contributed by atoms with Crippen molar-refractivity contribution in [1.82, 2.24) is 0 Å². The first kappa shape index (κ1) is 53.7. The molecule has 326 valence electrons. The van der Waals surface area contributed by atoms with Crippen molar-refractivity contribution in [2.45, 2.75) is 116 Å². The Labute approximate surface area is 332 Å². The maximum Gasteiger partial charge on any atom is 0.183 e. The van der Waals surface area contributed by atoms with E-state index < -0.39 is 8.32 Å². The molecular formula is C41H86O12Si. The van der Waals surface area contributed by atoms with Crippen LogP contribution >= 0.6 is 0 Å². The van der Waals surface area contributed by atoms with E-state index in [0.29, 0.717) is 145 Å². The molecule has 0 aromatic carbocycles. The van der Waals surface area contributed by atoms with Gasteiger partial charge in [0.2, 0.25) is 0 Å². The van der Waals surface area contributed by atoms with E-state index in [2.05, 4.69) is 26.6 Å². The van der Waals surface area contributed by atoms with E-state index in [1.807, 2.05) is 0 Å². The summed E-state index contributed by atoms with van der Waals surface area (Å²) in [6, 6.07) is 0. The fourth-order valence-electron chi connectivity index (χ4n) is 5.11. The molecule has 0 saturated carbocycles. The Kier molecular flexibility index (Phi) is 46.9. The Morgan fingerprint density at radius 1 is 0.222 bits per heavy atom. The van der Waals surface area contributed by atoms with Gasteiger partial charge in [0.25, 0.3) is 0 Å². The number of hydrogen-bond donors (Lipinski definition) is 0. The third kappa shape index (κ3) is 51.7. The fourth-order valence-corrected chi connectivity index (χ4v) is 5.80. The average Bonchev–Trinajstić information content (AvgIpc) is 3.15. The highest BCUT2D eigenvalue weighted by molar-refractivity contribution is 6.69. The quantitative estimate of drug-likeness (QED) is 0.0449. The molecule has 0 aromatic rings. The maximum absolute atomic E-state index is 5.73. The molecule has 0 heterocycles. The van der Waals surface area contributed by atoms with Crippen LogP contribution in [-0.2, 0) is 56.5 Å². The van der Waals surface area contributed by atoms with Gasteiger partial charge < -0.3 is 56.5 Å². The van der Waals surface area contributed by atoms with Crippen LogP contribution in [0.4, 0.5) is 0 Å². The van der Waals surface area contributed by atoms with Crippen LogP contribution in [0.1, 0.15) is 96.8 Å². The molecule has 0 aliphatic heterocycles. The minimum atomic E-state index is -1.45. The monoisotopic (exact) mass is 799 g/mol. The van der Waals surface area contributed by atoms with E-state index in [-0.39, 0.29) is 0 Å². The van der Waals surface area contributed by atoms with Crippen LogP contribution in [0.5, 0.6) is 0 Å². The second kappa shape index (κ2) is 47.1. The summed E-state index contributed by atoms with van der Waals surface area (Å²) < 4.78 is 66.6. The first-order valence-corrected chi connectivity index (χ1v) is 25.0. The first-order chi connectivity index (χ1) is 26.6. The molecule has 0 aliphatic rings. The molecule has 0 atom stereocenters. The van der Waals surface area contributed by atoms with Crippen LogP contribution < -0.4 is 0 Å². The second-order valence-electron chi connectivity index (χ2n) is 14.3. The van der Waals surface area contributed by atoms with Crippen molar-refractivity contribution in [2.24, 2.45) is 0 Å². The molecule has 12 nitrogen and oxygen atoms in total. The molecule has 0 aliphatic carbocycles. The van der Waals surface area contributed by atoms with Crippen LogP contribution in [0.3, 0.4) is 0 Å². The third-order valence-electron chi connectivity index (χ3n) is 8.13. The van der Waals surface area contributed by atoms with Crippen molar-refractivity contribution in [2.75, 3.05) is 152 Å². The molecule has 0 fully saturated rings. The highest BCUT2D eigenvalue weighted by atomic mass is 28.4. The van der Waals surface area contributed by atoms with E-state index >= 15 is 0 Å². The lowest BCUT2D eigenvalue weighted by molar-refractivity contribution is -0.0277. The van der Waals surface area contributed by atoms with Gasteiger partial charge in [0.1, 0.15) is 0 Å². The summed E-state index contributed by atoms with van der Waals surface area (Å²) >= 11 is 0. The van der Waals surface area contributed by atoms with Gasteiger partial charge in [-0.15, -0.1) is 0 Å². The molecule has 0 rings (SSSR count). The molecule has 0 saturated heterocycles. The lowest BCUT2D eigenvalue weighted by Gasteiger charge is -2.16. The topological polar surface area (TPSA) is 111 Å². The standard InChI is InChI=1S/C41H86O12Si/c1-5-6-7-8-9-10-11-12-13-14-15-16-17-18-19-42-20-21-43-22-23-44-24-25-45-26-27-46-28-29-47-30-31-48-32-33-49-34-35-50-36-37-51-38-39-52-40-41-53-54(2,3)4/h5-41H2,1-4H3. The maximum atomic E-state index is 5.73. The van der Waals surface area contributed by atoms with E-state index in [0.717, 1.165) is 13.0 Å². The zero-order chi connectivity index (χ0) is 39.1. The van der Waals surface area contributed by atoms with Gasteiger partial charge in [0.05, 0.1) is 145 Å². The Morgan fingerprint density at radius 3 is 0.630 bits per heavy atom. The summed E-state index contributed by atoms with van der Waals surface area (Å²) in [4.78, 5) is 0. The van der Waals surface area contributed by atoms with Crippen LogP contribution in [-0.4, -0.2) is 160 Å². The molecule has 0 amide bonds. The normalized spacial score (nSPS) is 12.0. The van der Waals surface area contributed by atoms with E-state index in [1.165, 1.54) is 83.5 Å². The number of rotatable bonds is 49. The largest absolute Gasteiger partial charge is 0.415 e. The Hall–Kier alpha value is -0.263. The zero-order valence-electron chi connectivity index (χ0n) is 35.6. The Balaban J connectivity index is 3.06. The molecule has 0 bridgehead atoms. The number of hydrogen-bond acceptors (Lipinski definition) is 12. The smallest absolute Gasteiger partial charge is 0.183 e. The summed E-state index contributed by atoms with van der Waals surface area (Å²) in [5.74, 6) is 0. The van der Waals surface area contributed by atoms with Crippen molar-refractivity contribution < 1.29 is 56.5 Å². The molecule has 0 unspecified atom stereocenters. The highest BCUT2D eigenvalue weighted by Gasteiger charge is 2.13. The molecular weight excluding hydrogens is 713 g/mol. The van der Waals surface area contributed by atoms with E-state index in [9.17, 15) is 0 Å². The van der Waals surface area contributed by atoms with Crippen molar-refractivity contribution in [3.05, 3.63) is 0 Å². The first-order valence-electron chi connectivity index (χ1n) is 21.6. The predicted octanol–water partition coefficient (Wildman–Crippen LogP) is 7.50. The molecule has 0 aromatic heterocycles. The lowest BCUT2D eigenvalue weighted by Crippen LogP contribution is -2.27. The van der Waals surface area contributed by atoms with Crippen LogP contribution in [0, 0.1) is 0 Å². The SMILES string of the molecule is CCCCCCCCCCCCCCCCOCCOCCOCCOCCOCCOCCOCCOCCOCCOCCOCCO[Si](C)(C)C. The van der Waals surface area contributed by atoms with E-state index in [4.69, 9.17) is 56.5 Å². The van der Waals surface area contributed by atoms with Gasteiger partial charge in [-0.3, -0.25) is 0 Å². The molecule has 13 heteroatoms. The molecule has 0 spiro atoms. The van der Waals surface area contributed by atoms with Crippen molar-refractivity contribution in [1.29, 1.82) is 0 Å². The summed E-state index contributed by atoms with van der Waals surface area (Å²) in [5, 5.41) is 0. The summed E-state index contributed by atoms with van der Waals surface area (Å²) in [5.41, 5.74) is 0. The van der Waals surface area contributed by atoms with Crippen LogP contribution in [0.15, 0.2) is 0 Å². The highest BCUT2D eigenvalue weighted by Crippen LogP contribution is 2.13. The van der Waals surface area contributed by atoms with Crippen molar-refractivity contribution in [3.63, 3.8) is 0 Å². The summed E-state index contributed by atoms with van der Waals surface area (Å²) in [7, 11) is -1.45. The Morgan fingerprint density at radius 2 is 0.407 bits per heavy atom. The van der Waals surface area contributed by atoms with Gasteiger partial charge >= 0.3 is 0 Å².